The topological polar surface area (TPSA) is 32.0 Å². The Hall–Kier alpha value is -1.68. The first-order valence-corrected chi connectivity index (χ1v) is 6.20. The van der Waals surface area contributed by atoms with Crippen molar-refractivity contribution in [1.29, 1.82) is 0 Å². The van der Waals surface area contributed by atoms with Crippen LogP contribution in [-0.2, 0) is 6.54 Å². The van der Waals surface area contributed by atoms with Crippen molar-refractivity contribution in [2.45, 2.75) is 12.7 Å². The zero-order valence-electron chi connectivity index (χ0n) is 10.2. The molecule has 1 aliphatic heterocycles. The molecule has 3 unspecified atom stereocenters. The van der Waals surface area contributed by atoms with Crippen molar-refractivity contribution in [3.63, 3.8) is 0 Å². The van der Waals surface area contributed by atoms with Gasteiger partial charge in [-0.1, -0.05) is 60.7 Å². The first kappa shape index (κ1) is 11.4. The van der Waals surface area contributed by atoms with E-state index in [9.17, 15) is 0 Å². The van der Waals surface area contributed by atoms with Gasteiger partial charge < -0.3 is 5.73 Å². The molecule has 1 aliphatic rings. The highest BCUT2D eigenvalue weighted by molar-refractivity contribution is 5.19. The molecule has 0 bridgehead atoms. The zero-order chi connectivity index (χ0) is 12.4. The second-order valence-corrected chi connectivity index (χ2v) is 4.59. The molecule has 1 heterocycles. The maximum atomic E-state index is 6.23. The van der Waals surface area contributed by atoms with Crippen LogP contribution in [0.2, 0.25) is 0 Å². The molecule has 0 radical (unpaired) electrons. The van der Waals surface area contributed by atoms with Crippen LogP contribution in [0, 0.1) is 0 Å². The number of hydrazine groups is 1. The summed E-state index contributed by atoms with van der Waals surface area (Å²) in [5, 5.41) is 4.44. The van der Waals surface area contributed by atoms with Gasteiger partial charge in [0.15, 0.2) is 0 Å². The van der Waals surface area contributed by atoms with E-state index < -0.39 is 0 Å². The van der Waals surface area contributed by atoms with Crippen molar-refractivity contribution < 1.29 is 0 Å². The van der Waals surface area contributed by atoms with Crippen LogP contribution in [0.1, 0.15) is 17.3 Å². The smallest absolute Gasteiger partial charge is 0.0985 e. The van der Waals surface area contributed by atoms with Crippen LogP contribution in [0.5, 0.6) is 0 Å². The van der Waals surface area contributed by atoms with E-state index in [1.165, 1.54) is 5.56 Å². The third-order valence-electron chi connectivity index (χ3n) is 3.26. The van der Waals surface area contributed by atoms with E-state index in [0.717, 1.165) is 18.8 Å². The summed E-state index contributed by atoms with van der Waals surface area (Å²) < 4.78 is 0. The van der Waals surface area contributed by atoms with Crippen LogP contribution in [0.3, 0.4) is 0 Å². The van der Waals surface area contributed by atoms with Gasteiger partial charge in [0.25, 0.3) is 0 Å². The van der Waals surface area contributed by atoms with Gasteiger partial charge in [-0.3, -0.25) is 0 Å². The molecule has 18 heavy (non-hydrogen) atoms. The SMILES string of the molecule is NC(c1ccccc1)N1CN1Cc1ccccc1. The van der Waals surface area contributed by atoms with Crippen LogP contribution < -0.4 is 5.73 Å². The van der Waals surface area contributed by atoms with Gasteiger partial charge in [-0.2, -0.15) is 0 Å². The minimum Gasteiger partial charge on any atom is -0.311 e. The molecule has 2 N–H and O–H groups in total. The fourth-order valence-electron chi connectivity index (χ4n) is 2.16. The minimum absolute atomic E-state index is 0.0325. The van der Waals surface area contributed by atoms with Crippen LogP contribution in [0.25, 0.3) is 0 Å². The normalized spacial score (nSPS) is 23.6. The highest BCUT2D eigenvalue weighted by atomic mass is 15.8. The average molecular weight is 239 g/mol. The number of hydrogen-bond acceptors (Lipinski definition) is 3. The Balaban J connectivity index is 1.61. The lowest BCUT2D eigenvalue weighted by molar-refractivity contribution is 0.238. The van der Waals surface area contributed by atoms with Gasteiger partial charge >= 0.3 is 0 Å². The maximum absolute atomic E-state index is 6.23. The second kappa shape index (κ2) is 4.90. The number of rotatable bonds is 4. The third kappa shape index (κ3) is 2.43. The Morgan fingerprint density at radius 2 is 1.56 bits per heavy atom. The molecule has 1 saturated heterocycles. The Labute approximate surface area is 107 Å². The van der Waals surface area contributed by atoms with Crippen molar-refractivity contribution in [1.82, 2.24) is 10.0 Å². The van der Waals surface area contributed by atoms with Gasteiger partial charge in [-0.05, 0) is 11.1 Å². The van der Waals surface area contributed by atoms with E-state index in [1.54, 1.807) is 0 Å². The number of benzene rings is 2. The van der Waals surface area contributed by atoms with Crippen LogP contribution in [0.15, 0.2) is 60.7 Å². The summed E-state index contributed by atoms with van der Waals surface area (Å²) in [6.45, 7) is 1.87. The van der Waals surface area contributed by atoms with Gasteiger partial charge in [0.2, 0.25) is 0 Å². The summed E-state index contributed by atoms with van der Waals surface area (Å²) in [5.41, 5.74) is 8.71. The van der Waals surface area contributed by atoms with E-state index in [-0.39, 0.29) is 6.17 Å². The average Bonchev–Trinajstić information content (AvgIpc) is 3.19. The molecule has 3 atom stereocenters. The Kier molecular flexibility index (Phi) is 3.11. The molecule has 0 aliphatic carbocycles. The first-order valence-electron chi connectivity index (χ1n) is 6.20. The number of nitrogens with zero attached hydrogens (tertiary/aromatic N) is 2. The van der Waals surface area contributed by atoms with Crippen molar-refractivity contribution in [2.75, 3.05) is 6.67 Å². The lowest BCUT2D eigenvalue weighted by atomic mass is 10.2. The quantitative estimate of drug-likeness (QED) is 0.831. The molecule has 3 nitrogen and oxygen atoms in total. The zero-order valence-corrected chi connectivity index (χ0v) is 10.2. The Bertz CT molecular complexity index is 498. The molecule has 0 amide bonds. The Morgan fingerprint density at radius 1 is 0.944 bits per heavy atom. The van der Waals surface area contributed by atoms with E-state index in [1.807, 2.05) is 24.3 Å². The summed E-state index contributed by atoms with van der Waals surface area (Å²) >= 11 is 0. The molecule has 2 aromatic rings. The summed E-state index contributed by atoms with van der Waals surface area (Å²) in [4.78, 5) is 0. The van der Waals surface area contributed by atoms with E-state index in [0.29, 0.717) is 0 Å². The third-order valence-corrected chi connectivity index (χ3v) is 3.26. The summed E-state index contributed by atoms with van der Waals surface area (Å²) in [6.07, 6.45) is -0.0325. The van der Waals surface area contributed by atoms with Crippen LogP contribution in [0.4, 0.5) is 0 Å². The van der Waals surface area contributed by atoms with Gasteiger partial charge in [0, 0.05) is 6.54 Å². The van der Waals surface area contributed by atoms with Crippen molar-refractivity contribution in [3.05, 3.63) is 71.8 Å². The van der Waals surface area contributed by atoms with E-state index in [2.05, 4.69) is 46.4 Å². The van der Waals surface area contributed by atoms with E-state index in [4.69, 9.17) is 5.73 Å². The number of hydrogen-bond donors (Lipinski definition) is 1. The largest absolute Gasteiger partial charge is 0.311 e. The van der Waals surface area contributed by atoms with Gasteiger partial charge in [-0.25, -0.2) is 10.0 Å². The predicted octanol–water partition coefficient (Wildman–Crippen LogP) is 2.33. The summed E-state index contributed by atoms with van der Waals surface area (Å²) in [7, 11) is 0. The molecular weight excluding hydrogens is 222 g/mol. The molecule has 1 fully saturated rings. The highest BCUT2D eigenvalue weighted by Gasteiger charge is 2.36. The monoisotopic (exact) mass is 239 g/mol. The van der Waals surface area contributed by atoms with Gasteiger partial charge in [-0.15, -0.1) is 0 Å². The maximum Gasteiger partial charge on any atom is 0.0985 e. The summed E-state index contributed by atoms with van der Waals surface area (Å²) in [6, 6.07) is 20.7. The van der Waals surface area contributed by atoms with Crippen molar-refractivity contribution in [3.8, 4) is 0 Å². The molecule has 0 spiro atoms. The van der Waals surface area contributed by atoms with Gasteiger partial charge in [0.1, 0.15) is 0 Å². The summed E-state index contributed by atoms with van der Waals surface area (Å²) in [5.74, 6) is 0. The molecule has 0 saturated carbocycles. The molecule has 3 rings (SSSR count). The minimum atomic E-state index is -0.0325. The lowest BCUT2D eigenvalue weighted by Crippen LogP contribution is -2.22. The van der Waals surface area contributed by atoms with Crippen LogP contribution in [-0.4, -0.2) is 16.7 Å². The molecule has 3 heteroatoms. The number of nitrogens with two attached hydrogens (primary N) is 1. The van der Waals surface area contributed by atoms with Crippen molar-refractivity contribution >= 4 is 0 Å². The molecule has 2 aromatic carbocycles. The Morgan fingerprint density at radius 3 is 2.22 bits per heavy atom. The predicted molar refractivity (Wildman–Crippen MR) is 72.1 cm³/mol. The fraction of sp³-hybridized carbons (Fsp3) is 0.200. The molecule has 0 aromatic heterocycles. The lowest BCUT2D eigenvalue weighted by Gasteiger charge is -2.14. The molecule has 92 valence electrons. The fourth-order valence-corrected chi connectivity index (χ4v) is 2.16. The molecular formula is C15H17N3. The highest BCUT2D eigenvalue weighted by Crippen LogP contribution is 2.28. The van der Waals surface area contributed by atoms with Gasteiger partial charge in [0.05, 0.1) is 12.8 Å². The standard InChI is InChI=1S/C15H17N3/c16-15(14-9-5-2-6-10-14)18-12-17(18)11-13-7-3-1-4-8-13/h1-10,15H,11-12,16H2. The second-order valence-electron chi connectivity index (χ2n) is 4.59. The van der Waals surface area contributed by atoms with E-state index >= 15 is 0 Å². The van der Waals surface area contributed by atoms with Crippen LogP contribution >= 0.6 is 0 Å². The first-order chi connectivity index (χ1) is 8.84. The van der Waals surface area contributed by atoms with Crippen molar-refractivity contribution in [2.24, 2.45) is 5.73 Å².